The molecule has 5 unspecified atom stereocenters. The number of fused-ring (bicyclic) bond motifs is 3. The number of piperidine rings is 1. The zero-order valence-corrected chi connectivity index (χ0v) is 16.8. The molecule has 0 radical (unpaired) electrons. The molecule has 1 saturated carbocycles. The summed E-state index contributed by atoms with van der Waals surface area (Å²) in [6.07, 6.45) is 9.25. The van der Waals surface area contributed by atoms with Crippen LogP contribution in [0.3, 0.4) is 0 Å². The summed E-state index contributed by atoms with van der Waals surface area (Å²) >= 11 is 0. The van der Waals surface area contributed by atoms with E-state index in [9.17, 15) is 9.59 Å². The molecule has 0 bridgehead atoms. The van der Waals surface area contributed by atoms with E-state index in [1.54, 1.807) is 0 Å². The van der Waals surface area contributed by atoms with Crippen LogP contribution in [0.5, 0.6) is 0 Å². The maximum Gasteiger partial charge on any atom is 0.307 e. The van der Waals surface area contributed by atoms with Gasteiger partial charge < -0.3 is 9.47 Å². The van der Waals surface area contributed by atoms with E-state index in [2.05, 4.69) is 4.90 Å². The predicted molar refractivity (Wildman–Crippen MR) is 99.6 cm³/mol. The molecule has 3 rings (SSSR count). The van der Waals surface area contributed by atoms with Crippen LogP contribution in [0.25, 0.3) is 0 Å². The van der Waals surface area contributed by atoms with Gasteiger partial charge in [-0.3, -0.25) is 14.5 Å². The molecule has 0 N–H and O–H groups in total. The van der Waals surface area contributed by atoms with Crippen molar-refractivity contribution >= 4 is 11.9 Å². The molecule has 26 heavy (non-hydrogen) atoms. The summed E-state index contributed by atoms with van der Waals surface area (Å²) in [5.74, 6) is 0.847. The van der Waals surface area contributed by atoms with Gasteiger partial charge in [0.25, 0.3) is 0 Å². The molecular formula is C21H35NO4. The van der Waals surface area contributed by atoms with Gasteiger partial charge in [-0.2, -0.15) is 0 Å². The fraction of sp³-hybridized carbons (Fsp3) is 0.905. The highest BCUT2D eigenvalue weighted by molar-refractivity contribution is 5.70. The van der Waals surface area contributed by atoms with Crippen molar-refractivity contribution < 1.29 is 19.1 Å². The van der Waals surface area contributed by atoms with Gasteiger partial charge in [-0.25, -0.2) is 0 Å². The minimum Gasteiger partial charge on any atom is -0.469 e. The Morgan fingerprint density at radius 2 is 1.69 bits per heavy atom. The highest BCUT2D eigenvalue weighted by atomic mass is 16.6. The number of hydrogen-bond acceptors (Lipinski definition) is 5. The Morgan fingerprint density at radius 3 is 2.38 bits per heavy atom. The Bertz CT molecular complexity index is 527. The van der Waals surface area contributed by atoms with Crippen LogP contribution >= 0.6 is 0 Å². The lowest BCUT2D eigenvalue weighted by Crippen LogP contribution is -2.55. The van der Waals surface area contributed by atoms with E-state index in [0.29, 0.717) is 42.8 Å². The van der Waals surface area contributed by atoms with Crippen LogP contribution < -0.4 is 0 Å². The van der Waals surface area contributed by atoms with Crippen LogP contribution in [-0.2, 0) is 19.1 Å². The van der Waals surface area contributed by atoms with Crippen molar-refractivity contribution in [1.29, 1.82) is 0 Å². The minimum absolute atomic E-state index is 0.0767. The SMILES string of the molecule is COC(=O)CC1CCCC2C1CCC1CCC(CC(=O)OC(C)(C)C)N12. The maximum atomic E-state index is 12.4. The van der Waals surface area contributed by atoms with Gasteiger partial charge >= 0.3 is 11.9 Å². The standard InChI is InChI=1S/C21H35NO4/c1-21(2,3)26-20(24)13-16-9-8-15-10-11-17-14(12-19(23)25-4)6-5-7-18(17)22(15)16/h14-18H,5-13H2,1-4H3. The summed E-state index contributed by atoms with van der Waals surface area (Å²) < 4.78 is 10.5. The number of ether oxygens (including phenoxy) is 2. The third kappa shape index (κ3) is 4.41. The first-order valence-electron chi connectivity index (χ1n) is 10.3. The van der Waals surface area contributed by atoms with Crippen LogP contribution in [0.15, 0.2) is 0 Å². The monoisotopic (exact) mass is 365 g/mol. The molecule has 2 aliphatic heterocycles. The van der Waals surface area contributed by atoms with Crippen LogP contribution in [0.2, 0.25) is 0 Å². The largest absolute Gasteiger partial charge is 0.469 e. The van der Waals surface area contributed by atoms with Crippen molar-refractivity contribution in [2.24, 2.45) is 11.8 Å². The number of carbonyl (C=O) groups excluding carboxylic acids is 2. The van der Waals surface area contributed by atoms with Gasteiger partial charge in [0.15, 0.2) is 0 Å². The summed E-state index contributed by atoms with van der Waals surface area (Å²) in [4.78, 5) is 26.9. The van der Waals surface area contributed by atoms with Gasteiger partial charge in [-0.15, -0.1) is 0 Å². The first-order chi connectivity index (χ1) is 12.3. The molecule has 148 valence electrons. The van der Waals surface area contributed by atoms with Crippen molar-refractivity contribution in [3.8, 4) is 0 Å². The normalized spacial score (nSPS) is 34.7. The summed E-state index contributed by atoms with van der Waals surface area (Å²) in [7, 11) is 1.48. The number of hydrogen-bond donors (Lipinski definition) is 0. The van der Waals surface area contributed by atoms with Crippen molar-refractivity contribution in [1.82, 2.24) is 4.90 Å². The number of nitrogens with zero attached hydrogens (tertiary/aromatic N) is 1. The fourth-order valence-electron chi connectivity index (χ4n) is 5.66. The van der Waals surface area contributed by atoms with Gasteiger partial charge in [-0.05, 0) is 71.1 Å². The maximum absolute atomic E-state index is 12.4. The number of methoxy groups -OCH3 is 1. The summed E-state index contributed by atoms with van der Waals surface area (Å²) in [5.41, 5.74) is -0.421. The fourth-order valence-corrected chi connectivity index (χ4v) is 5.66. The highest BCUT2D eigenvalue weighted by Crippen LogP contribution is 2.47. The van der Waals surface area contributed by atoms with Gasteiger partial charge in [0.05, 0.1) is 13.5 Å². The molecule has 5 atom stereocenters. The van der Waals surface area contributed by atoms with E-state index >= 15 is 0 Å². The van der Waals surface area contributed by atoms with Crippen molar-refractivity contribution in [3.63, 3.8) is 0 Å². The average Bonchev–Trinajstić information content (AvgIpc) is 2.96. The molecule has 2 saturated heterocycles. The van der Waals surface area contributed by atoms with E-state index in [1.807, 2.05) is 20.8 Å². The molecule has 0 spiro atoms. The lowest BCUT2D eigenvalue weighted by Gasteiger charge is -2.51. The summed E-state index contributed by atoms with van der Waals surface area (Å²) in [5, 5.41) is 0. The van der Waals surface area contributed by atoms with Crippen molar-refractivity contribution in [2.45, 2.75) is 102 Å². The smallest absolute Gasteiger partial charge is 0.307 e. The van der Waals surface area contributed by atoms with Crippen LogP contribution in [-0.4, -0.2) is 47.7 Å². The molecule has 1 aliphatic carbocycles. The quantitative estimate of drug-likeness (QED) is 0.711. The van der Waals surface area contributed by atoms with E-state index in [-0.39, 0.29) is 11.9 Å². The van der Waals surface area contributed by atoms with Gasteiger partial charge in [0.1, 0.15) is 5.60 Å². The van der Waals surface area contributed by atoms with Crippen LogP contribution in [0.1, 0.15) is 78.6 Å². The molecule has 2 heterocycles. The molecule has 5 nitrogen and oxygen atoms in total. The second-order valence-corrected chi connectivity index (χ2v) is 9.40. The molecule has 5 heteroatoms. The van der Waals surface area contributed by atoms with Crippen LogP contribution in [0, 0.1) is 11.8 Å². The van der Waals surface area contributed by atoms with Gasteiger partial charge in [0, 0.05) is 24.5 Å². The molecule has 0 aromatic heterocycles. The zero-order chi connectivity index (χ0) is 18.9. The second kappa shape index (κ2) is 7.87. The Hall–Kier alpha value is -1.10. The molecule has 0 amide bonds. The number of rotatable bonds is 4. The zero-order valence-electron chi connectivity index (χ0n) is 16.8. The third-order valence-corrected chi connectivity index (χ3v) is 6.55. The lowest BCUT2D eigenvalue weighted by atomic mass is 9.69. The van der Waals surface area contributed by atoms with Gasteiger partial charge in [0.2, 0.25) is 0 Å². The Labute approximate surface area is 157 Å². The molecule has 3 fully saturated rings. The lowest BCUT2D eigenvalue weighted by molar-refractivity contribution is -0.156. The van der Waals surface area contributed by atoms with E-state index < -0.39 is 5.60 Å². The predicted octanol–water partition coefficient (Wildman–Crippen LogP) is 3.69. The van der Waals surface area contributed by atoms with Gasteiger partial charge in [-0.1, -0.05) is 6.42 Å². The summed E-state index contributed by atoms with van der Waals surface area (Å²) in [6.45, 7) is 5.79. The number of carbonyl (C=O) groups is 2. The van der Waals surface area contributed by atoms with E-state index in [0.717, 1.165) is 12.8 Å². The third-order valence-electron chi connectivity index (χ3n) is 6.55. The Balaban J connectivity index is 1.68. The minimum atomic E-state index is -0.421. The summed E-state index contributed by atoms with van der Waals surface area (Å²) in [6, 6.07) is 1.44. The Kier molecular flexibility index (Phi) is 5.95. The molecule has 0 aromatic rings. The topological polar surface area (TPSA) is 55.8 Å². The first kappa shape index (κ1) is 19.7. The Morgan fingerprint density at radius 1 is 0.962 bits per heavy atom. The van der Waals surface area contributed by atoms with E-state index in [4.69, 9.17) is 9.47 Å². The highest BCUT2D eigenvalue weighted by Gasteiger charge is 2.48. The van der Waals surface area contributed by atoms with Crippen LogP contribution in [0.4, 0.5) is 0 Å². The van der Waals surface area contributed by atoms with Crippen molar-refractivity contribution in [2.75, 3.05) is 7.11 Å². The molecule has 0 aromatic carbocycles. The molecule has 3 aliphatic rings. The second-order valence-electron chi connectivity index (χ2n) is 9.40. The van der Waals surface area contributed by atoms with Crippen molar-refractivity contribution in [3.05, 3.63) is 0 Å². The average molecular weight is 366 g/mol. The first-order valence-corrected chi connectivity index (χ1v) is 10.3. The molecular weight excluding hydrogens is 330 g/mol. The number of esters is 2. The van der Waals surface area contributed by atoms with E-state index in [1.165, 1.54) is 39.2 Å².